The molecule has 2 heterocycles. The van der Waals surface area contributed by atoms with E-state index < -0.39 is 0 Å². The van der Waals surface area contributed by atoms with Gasteiger partial charge in [0.2, 0.25) is 0 Å². The zero-order valence-electron chi connectivity index (χ0n) is 19.0. The van der Waals surface area contributed by atoms with Crippen molar-refractivity contribution in [3.8, 4) is 12.1 Å². The third-order valence-electron chi connectivity index (χ3n) is 5.10. The largest absolute Gasteiger partial charge is 0.192 e. The Hall–Kier alpha value is -1.52. The summed E-state index contributed by atoms with van der Waals surface area (Å²) < 4.78 is 4.85. The molecule has 34 heavy (non-hydrogen) atoms. The summed E-state index contributed by atoms with van der Waals surface area (Å²) in [6, 6.07) is 20.4. The normalized spacial score (nSPS) is 18.8. The Balaban J connectivity index is 2.08. The molecule has 2 aromatic rings. The van der Waals surface area contributed by atoms with Gasteiger partial charge in [-0.25, -0.2) is 0 Å². The fourth-order valence-corrected chi connectivity index (χ4v) is 11.1. The Morgan fingerprint density at radius 3 is 1.35 bits per heavy atom. The van der Waals surface area contributed by atoms with E-state index in [1.807, 2.05) is 48.5 Å². The van der Waals surface area contributed by atoms with Gasteiger partial charge in [0.25, 0.3) is 0 Å². The van der Waals surface area contributed by atoms with Crippen LogP contribution in [0.25, 0.3) is 11.1 Å². The molecule has 8 heteroatoms. The molecule has 2 aliphatic heterocycles. The molecule has 0 bridgehead atoms. The molecular formula is C26H20N2S6. The fourth-order valence-electron chi connectivity index (χ4n) is 3.58. The van der Waals surface area contributed by atoms with Gasteiger partial charge in [-0.2, -0.15) is 10.5 Å². The van der Waals surface area contributed by atoms with Crippen LogP contribution < -0.4 is 0 Å². The van der Waals surface area contributed by atoms with Crippen LogP contribution in [0.4, 0.5) is 0 Å². The second-order valence-corrected chi connectivity index (χ2v) is 14.3. The van der Waals surface area contributed by atoms with Crippen LogP contribution in [0.1, 0.15) is 36.1 Å². The van der Waals surface area contributed by atoms with Crippen molar-refractivity contribution >= 4 is 81.7 Å². The Kier molecular flexibility index (Phi) is 8.63. The van der Waals surface area contributed by atoms with Crippen molar-refractivity contribution < 1.29 is 0 Å². The smallest absolute Gasteiger partial charge is 0.0998 e. The third kappa shape index (κ3) is 5.04. The first-order valence-corrected chi connectivity index (χ1v) is 15.9. The summed E-state index contributed by atoms with van der Waals surface area (Å²) in [5.74, 6) is 0. The molecule has 0 saturated carbocycles. The number of hydrogen-bond acceptors (Lipinski definition) is 8. The van der Waals surface area contributed by atoms with E-state index in [1.165, 1.54) is 18.3 Å². The first-order chi connectivity index (χ1) is 16.5. The third-order valence-corrected chi connectivity index (χ3v) is 13.0. The van der Waals surface area contributed by atoms with Crippen LogP contribution in [0.5, 0.6) is 0 Å². The summed E-state index contributed by atoms with van der Waals surface area (Å²) in [6.07, 6.45) is 4.20. The average molecular weight is 553 g/mol. The van der Waals surface area contributed by atoms with Crippen molar-refractivity contribution in [3.63, 3.8) is 0 Å². The molecular weight excluding hydrogens is 533 g/mol. The predicted octanol–water partition coefficient (Wildman–Crippen LogP) is 9.53. The lowest BCUT2D eigenvalue weighted by atomic mass is 9.90. The highest BCUT2D eigenvalue weighted by molar-refractivity contribution is 8.36. The first-order valence-electron chi connectivity index (χ1n) is 10.2. The van der Waals surface area contributed by atoms with Gasteiger partial charge in [0.05, 0.1) is 40.2 Å². The minimum Gasteiger partial charge on any atom is -0.192 e. The van der Waals surface area contributed by atoms with E-state index >= 15 is 0 Å². The maximum Gasteiger partial charge on any atom is 0.0998 e. The maximum absolute atomic E-state index is 10.0. The molecule has 0 radical (unpaired) electrons. The number of allylic oxidation sites excluding steroid dienone is 4. The molecule has 2 nitrogen and oxygen atoms in total. The van der Waals surface area contributed by atoms with E-state index in [2.05, 4.69) is 38.5 Å². The first kappa shape index (κ1) is 25.6. The quantitative estimate of drug-likeness (QED) is 0.363. The lowest BCUT2D eigenvalue weighted by molar-refractivity contribution is 1.45. The molecule has 2 aliphatic rings. The summed E-state index contributed by atoms with van der Waals surface area (Å²) in [7, 11) is 0. The van der Waals surface area contributed by atoms with E-state index in [-0.39, 0.29) is 0 Å². The standard InChI is InChI=1S/C26H20N2S6/c1-15-23(29-3)33-25(31-15)21(19-11-7-5-9-17(19)13-27)22(20-12-8-6-10-18(20)14-28)26-32-16(2)24(30-4)34-26/h5-12H,1-4H3/b25-21-,26-22-. The monoisotopic (exact) mass is 552 g/mol. The topological polar surface area (TPSA) is 47.6 Å². The lowest BCUT2D eigenvalue weighted by Gasteiger charge is -2.20. The molecule has 0 aliphatic carbocycles. The van der Waals surface area contributed by atoms with Crippen molar-refractivity contribution in [2.24, 2.45) is 0 Å². The number of hydrogen-bond donors (Lipinski definition) is 0. The van der Waals surface area contributed by atoms with Crippen LogP contribution >= 0.6 is 70.6 Å². The van der Waals surface area contributed by atoms with Crippen LogP contribution in [-0.2, 0) is 0 Å². The molecule has 0 atom stereocenters. The summed E-state index contributed by atoms with van der Waals surface area (Å²) in [5, 5.41) is 20.0. The van der Waals surface area contributed by atoms with E-state index in [4.69, 9.17) is 0 Å². The van der Waals surface area contributed by atoms with Gasteiger partial charge in [-0.3, -0.25) is 0 Å². The highest BCUT2D eigenvalue weighted by Gasteiger charge is 2.31. The molecule has 0 amide bonds. The van der Waals surface area contributed by atoms with E-state index in [9.17, 15) is 10.5 Å². The number of benzene rings is 2. The van der Waals surface area contributed by atoms with Gasteiger partial charge in [0, 0.05) is 32.1 Å². The summed E-state index contributed by atoms with van der Waals surface area (Å²) in [6.45, 7) is 4.30. The number of rotatable bonds is 5. The second-order valence-electron chi connectivity index (χ2n) is 7.14. The van der Waals surface area contributed by atoms with Crippen molar-refractivity contribution in [2.75, 3.05) is 12.5 Å². The summed E-state index contributed by atoms with van der Waals surface area (Å²) in [4.78, 5) is 2.53. The Labute approximate surface area is 226 Å². The SMILES string of the molecule is CSC1=C(C)S/C(=C(/C(=C2/SC(C)=C(SC)S2)c2ccccc2C#N)c2ccccc2C#N)S1. The molecule has 4 rings (SSSR count). The van der Waals surface area contributed by atoms with Gasteiger partial charge in [-0.15, -0.1) is 23.5 Å². The molecule has 170 valence electrons. The summed E-state index contributed by atoms with van der Waals surface area (Å²) in [5.41, 5.74) is 5.14. The van der Waals surface area contributed by atoms with E-state index in [0.29, 0.717) is 11.1 Å². The number of nitriles is 2. The molecule has 0 spiro atoms. The number of thioether (sulfide) groups is 6. The molecule has 0 aromatic heterocycles. The highest BCUT2D eigenvalue weighted by Crippen LogP contribution is 2.61. The van der Waals surface area contributed by atoms with Gasteiger partial charge >= 0.3 is 0 Å². The van der Waals surface area contributed by atoms with Gasteiger partial charge in [-0.1, -0.05) is 83.4 Å². The van der Waals surface area contributed by atoms with E-state index in [1.54, 1.807) is 70.6 Å². The zero-order chi connectivity index (χ0) is 24.2. The van der Waals surface area contributed by atoms with Crippen LogP contribution in [0.2, 0.25) is 0 Å². The average Bonchev–Trinajstić information content (AvgIpc) is 3.43. The second kappa shape index (κ2) is 11.5. The van der Waals surface area contributed by atoms with Crippen molar-refractivity contribution in [1.82, 2.24) is 0 Å². The van der Waals surface area contributed by atoms with Gasteiger partial charge in [0.15, 0.2) is 0 Å². The highest BCUT2D eigenvalue weighted by atomic mass is 32.2. The van der Waals surface area contributed by atoms with Crippen LogP contribution in [-0.4, -0.2) is 12.5 Å². The van der Waals surface area contributed by atoms with E-state index in [0.717, 1.165) is 30.7 Å². The van der Waals surface area contributed by atoms with Crippen molar-refractivity contribution in [2.45, 2.75) is 13.8 Å². The minimum atomic E-state index is 0.636. The Morgan fingerprint density at radius 2 is 1.03 bits per heavy atom. The molecule has 2 aromatic carbocycles. The van der Waals surface area contributed by atoms with Gasteiger partial charge in [-0.05, 0) is 38.5 Å². The van der Waals surface area contributed by atoms with Gasteiger partial charge in [0.1, 0.15) is 0 Å². The van der Waals surface area contributed by atoms with Crippen LogP contribution in [0.15, 0.2) is 75.3 Å². The lowest BCUT2D eigenvalue weighted by Crippen LogP contribution is -1.99. The van der Waals surface area contributed by atoms with Gasteiger partial charge < -0.3 is 0 Å². The summed E-state index contributed by atoms with van der Waals surface area (Å²) >= 11 is 10.6. The predicted molar refractivity (Wildman–Crippen MR) is 159 cm³/mol. The molecule has 0 fully saturated rings. The minimum absolute atomic E-state index is 0.636. The number of nitrogens with zero attached hydrogens (tertiary/aromatic N) is 2. The zero-order valence-corrected chi connectivity index (χ0v) is 23.9. The fraction of sp³-hybridized carbons (Fsp3) is 0.154. The van der Waals surface area contributed by atoms with Crippen molar-refractivity contribution in [1.29, 1.82) is 10.5 Å². The maximum atomic E-state index is 10.0. The van der Waals surface area contributed by atoms with Crippen LogP contribution in [0, 0.1) is 22.7 Å². The Bertz CT molecular complexity index is 1260. The Morgan fingerprint density at radius 1 is 0.647 bits per heavy atom. The molecule has 0 unspecified atom stereocenters. The molecule has 0 N–H and O–H groups in total. The van der Waals surface area contributed by atoms with Crippen molar-refractivity contribution in [3.05, 3.63) is 97.5 Å². The molecule has 0 saturated heterocycles. The van der Waals surface area contributed by atoms with Crippen LogP contribution in [0.3, 0.4) is 0 Å².